The molecular weight excluding hydrogens is 524 g/mol. The number of nitrogens with zero attached hydrogens (tertiary/aromatic N) is 2. The van der Waals surface area contributed by atoms with E-state index in [0.717, 1.165) is 16.2 Å². The summed E-state index contributed by atoms with van der Waals surface area (Å²) in [5.41, 5.74) is 0.807. The third-order valence-corrected chi connectivity index (χ3v) is 7.17. The van der Waals surface area contributed by atoms with Gasteiger partial charge in [-0.1, -0.05) is 36.1 Å². The number of methoxy groups -OCH3 is 3. The van der Waals surface area contributed by atoms with E-state index in [1.165, 1.54) is 21.3 Å². The summed E-state index contributed by atoms with van der Waals surface area (Å²) >= 11 is 0.902. The zero-order chi connectivity index (χ0) is 28.3. The van der Waals surface area contributed by atoms with Crippen molar-refractivity contribution in [3.05, 3.63) is 82.4 Å². The van der Waals surface area contributed by atoms with E-state index in [1.807, 2.05) is 0 Å². The van der Waals surface area contributed by atoms with Crippen molar-refractivity contribution in [2.75, 3.05) is 32.8 Å². The third-order valence-electron chi connectivity index (χ3n) is 6.03. The van der Waals surface area contributed by atoms with Crippen molar-refractivity contribution >= 4 is 39.9 Å². The zero-order valence-corrected chi connectivity index (χ0v) is 22.5. The molecule has 0 bridgehead atoms. The smallest absolute Gasteiger partial charge is 0.350 e. The van der Waals surface area contributed by atoms with Gasteiger partial charge in [-0.3, -0.25) is 14.5 Å². The number of aryl methyl sites for hydroxylation is 1. The number of aliphatic hydroxyl groups excluding tert-OH is 1. The summed E-state index contributed by atoms with van der Waals surface area (Å²) in [6.45, 7) is 5.51. The predicted octanol–water partition coefficient (Wildman–Crippen LogP) is 4.45. The molecule has 1 fully saturated rings. The Kier molecular flexibility index (Phi) is 8.01. The number of thiazole rings is 1. The quantitative estimate of drug-likeness (QED) is 0.135. The van der Waals surface area contributed by atoms with Gasteiger partial charge >= 0.3 is 11.9 Å². The van der Waals surface area contributed by atoms with Crippen molar-refractivity contribution in [3.63, 3.8) is 0 Å². The van der Waals surface area contributed by atoms with E-state index in [9.17, 15) is 19.5 Å². The van der Waals surface area contributed by atoms with Crippen molar-refractivity contribution in [2.45, 2.75) is 13.0 Å². The van der Waals surface area contributed by atoms with Crippen LogP contribution in [0.3, 0.4) is 0 Å². The Bertz CT molecular complexity index is 1480. The number of hydrogen-bond acceptors (Lipinski definition) is 10. The van der Waals surface area contributed by atoms with Crippen LogP contribution in [0.25, 0.3) is 5.76 Å². The summed E-state index contributed by atoms with van der Waals surface area (Å²) < 4.78 is 21.4. The van der Waals surface area contributed by atoms with E-state index in [4.69, 9.17) is 18.9 Å². The molecule has 2 heterocycles. The molecule has 1 unspecified atom stereocenters. The van der Waals surface area contributed by atoms with Gasteiger partial charge in [0.2, 0.25) is 0 Å². The average Bonchev–Trinajstić information content (AvgIpc) is 3.46. The Hall–Kier alpha value is -4.64. The Morgan fingerprint density at radius 2 is 1.85 bits per heavy atom. The number of anilines is 1. The van der Waals surface area contributed by atoms with Crippen LogP contribution in [0.2, 0.25) is 0 Å². The van der Waals surface area contributed by atoms with Crippen LogP contribution in [0.15, 0.2) is 60.7 Å². The van der Waals surface area contributed by atoms with Crippen molar-refractivity contribution in [3.8, 4) is 17.2 Å². The highest BCUT2D eigenvalue weighted by Gasteiger charge is 2.49. The fourth-order valence-corrected chi connectivity index (χ4v) is 5.25. The van der Waals surface area contributed by atoms with E-state index in [2.05, 4.69) is 11.6 Å². The van der Waals surface area contributed by atoms with Crippen LogP contribution in [0, 0.1) is 6.92 Å². The molecule has 39 heavy (non-hydrogen) atoms. The third kappa shape index (κ3) is 4.96. The number of carbonyl (C=O) groups excluding carboxylic acids is 3. The monoisotopic (exact) mass is 550 g/mol. The van der Waals surface area contributed by atoms with Crippen molar-refractivity contribution in [2.24, 2.45) is 0 Å². The predicted molar refractivity (Wildman–Crippen MR) is 145 cm³/mol. The number of aliphatic hydroxyl groups is 1. The van der Waals surface area contributed by atoms with Crippen LogP contribution < -0.4 is 19.1 Å². The highest BCUT2D eigenvalue weighted by Crippen LogP contribution is 2.48. The molecule has 0 aliphatic carbocycles. The first-order valence-corrected chi connectivity index (χ1v) is 12.5. The number of benzene rings is 2. The van der Waals surface area contributed by atoms with Gasteiger partial charge in [-0.05, 0) is 37.3 Å². The molecule has 0 radical (unpaired) electrons. The first kappa shape index (κ1) is 27.4. The van der Waals surface area contributed by atoms with Gasteiger partial charge in [0.1, 0.15) is 29.0 Å². The molecule has 2 aromatic carbocycles. The summed E-state index contributed by atoms with van der Waals surface area (Å²) in [4.78, 5) is 45.0. The molecule has 0 saturated carbocycles. The second-order valence-electron chi connectivity index (χ2n) is 8.28. The van der Waals surface area contributed by atoms with Gasteiger partial charge in [-0.15, -0.1) is 0 Å². The van der Waals surface area contributed by atoms with Crippen LogP contribution in [-0.2, 0) is 14.3 Å². The van der Waals surface area contributed by atoms with Gasteiger partial charge in [0.15, 0.2) is 16.6 Å². The molecule has 4 rings (SSSR count). The van der Waals surface area contributed by atoms with Crippen molar-refractivity contribution in [1.29, 1.82) is 0 Å². The Labute approximate surface area is 228 Å². The molecule has 1 atom stereocenters. The molecule has 3 aromatic rings. The fourth-order valence-electron chi connectivity index (χ4n) is 4.24. The number of rotatable bonds is 9. The maximum atomic E-state index is 13.5. The molecule has 1 amide bonds. The number of ether oxygens (including phenoxy) is 4. The van der Waals surface area contributed by atoms with Crippen molar-refractivity contribution < 1.29 is 38.4 Å². The van der Waals surface area contributed by atoms with E-state index < -0.39 is 29.5 Å². The molecular formula is C28H26N2O8S. The van der Waals surface area contributed by atoms with Gasteiger partial charge in [0.05, 0.1) is 32.6 Å². The normalized spacial score (nSPS) is 16.2. The lowest BCUT2D eigenvalue weighted by Gasteiger charge is -2.25. The van der Waals surface area contributed by atoms with E-state index >= 15 is 0 Å². The maximum absolute atomic E-state index is 13.5. The van der Waals surface area contributed by atoms with Gasteiger partial charge in [0, 0.05) is 11.1 Å². The molecule has 202 valence electrons. The van der Waals surface area contributed by atoms with Crippen molar-refractivity contribution in [1.82, 2.24) is 4.98 Å². The van der Waals surface area contributed by atoms with E-state index in [0.29, 0.717) is 29.4 Å². The first-order valence-electron chi connectivity index (χ1n) is 11.7. The largest absolute Gasteiger partial charge is 0.507 e. The molecule has 1 aliphatic heterocycles. The summed E-state index contributed by atoms with van der Waals surface area (Å²) in [6, 6.07) is 10.3. The fraction of sp³-hybridized carbons (Fsp3) is 0.214. The lowest BCUT2D eigenvalue weighted by molar-refractivity contribution is -0.132. The minimum atomic E-state index is -1.15. The number of Topliss-reactive ketones (excluding diaryl/α,β-unsaturated/α-hetero) is 1. The number of para-hydroxylation sites is 1. The van der Waals surface area contributed by atoms with E-state index in [-0.39, 0.29) is 26.9 Å². The SMILES string of the molecule is C=CCOc1ccc(/C(O)=C2\C(=O)C(=O)N(c3nc(C)c(C(=O)OC)s3)C2c2cccc(OC)c2OC)cc1. The number of aromatic nitrogens is 1. The number of esters is 1. The lowest BCUT2D eigenvalue weighted by atomic mass is 9.94. The molecule has 1 aromatic heterocycles. The van der Waals surface area contributed by atoms with Crippen LogP contribution in [0.5, 0.6) is 17.2 Å². The zero-order valence-electron chi connectivity index (χ0n) is 21.7. The van der Waals surface area contributed by atoms with Crippen LogP contribution >= 0.6 is 11.3 Å². The standard InChI is InChI=1S/C28H26N2O8S/c1-6-14-38-17-12-10-16(11-13-17)22(31)20-21(18-8-7-9-19(35-3)24(18)36-4)30(26(33)23(20)32)28-29-15(2)25(39-28)27(34)37-5/h6-13,21,31H,1,14H2,2-5H3/b22-20+. The molecule has 10 nitrogen and oxygen atoms in total. The molecule has 0 spiro atoms. The topological polar surface area (TPSA) is 124 Å². The molecule has 11 heteroatoms. The lowest BCUT2D eigenvalue weighted by Crippen LogP contribution is -2.29. The highest BCUT2D eigenvalue weighted by molar-refractivity contribution is 7.17. The number of ketones is 1. The Balaban J connectivity index is 1.94. The summed E-state index contributed by atoms with van der Waals surface area (Å²) in [5, 5.41) is 11.5. The summed E-state index contributed by atoms with van der Waals surface area (Å²) in [5.74, 6) is -1.73. The van der Waals surface area contributed by atoms with E-state index in [1.54, 1.807) is 55.5 Å². The minimum absolute atomic E-state index is 0.0806. The summed E-state index contributed by atoms with van der Waals surface area (Å²) in [6.07, 6.45) is 1.60. The second kappa shape index (κ2) is 11.4. The number of hydrogen-bond donors (Lipinski definition) is 1. The first-order chi connectivity index (χ1) is 18.8. The van der Waals surface area contributed by atoms with Gasteiger partial charge in [0.25, 0.3) is 5.78 Å². The molecule has 1 aliphatic rings. The maximum Gasteiger partial charge on any atom is 0.350 e. The molecule has 1 saturated heterocycles. The van der Waals surface area contributed by atoms with Crippen LogP contribution in [0.1, 0.15) is 32.5 Å². The average molecular weight is 551 g/mol. The number of carbonyl (C=O) groups is 3. The Morgan fingerprint density at radius 1 is 1.13 bits per heavy atom. The van der Waals surface area contributed by atoms with Gasteiger partial charge in [-0.25, -0.2) is 9.78 Å². The van der Waals surface area contributed by atoms with Gasteiger partial charge < -0.3 is 24.1 Å². The minimum Gasteiger partial charge on any atom is -0.507 e. The second-order valence-corrected chi connectivity index (χ2v) is 9.26. The Morgan fingerprint density at radius 3 is 2.46 bits per heavy atom. The van der Waals surface area contributed by atoms with Crippen LogP contribution in [-0.4, -0.2) is 55.7 Å². The van der Waals surface area contributed by atoms with Gasteiger partial charge in [-0.2, -0.15) is 0 Å². The highest BCUT2D eigenvalue weighted by atomic mass is 32.1. The number of amides is 1. The molecule has 1 N–H and O–H groups in total. The summed E-state index contributed by atoms with van der Waals surface area (Å²) in [7, 11) is 4.13. The van der Waals surface area contributed by atoms with Crippen LogP contribution in [0.4, 0.5) is 5.13 Å².